The first-order valence-corrected chi connectivity index (χ1v) is 6.61. The molecule has 1 saturated heterocycles. The summed E-state index contributed by atoms with van der Waals surface area (Å²) >= 11 is 5.93. The van der Waals surface area contributed by atoms with E-state index in [0.29, 0.717) is 23.7 Å². The van der Waals surface area contributed by atoms with E-state index in [-0.39, 0.29) is 5.91 Å². The molecule has 1 heterocycles. The van der Waals surface area contributed by atoms with E-state index < -0.39 is 5.60 Å². The minimum atomic E-state index is -0.675. The molecule has 1 amide bonds. The highest BCUT2D eigenvalue weighted by Crippen LogP contribution is 2.28. The molecule has 4 heteroatoms. The summed E-state index contributed by atoms with van der Waals surface area (Å²) in [5.74, 6) is -0.0319. The van der Waals surface area contributed by atoms with Gasteiger partial charge >= 0.3 is 0 Å². The Kier molecular flexibility index (Phi) is 3.64. The fourth-order valence-electron chi connectivity index (χ4n) is 2.39. The minimum absolute atomic E-state index is 0.0319. The fraction of sp³-hybridized carbons (Fsp3) is 0.500. The maximum absolute atomic E-state index is 12.2. The quantitative estimate of drug-likeness (QED) is 0.915. The molecule has 98 valence electrons. The van der Waals surface area contributed by atoms with Crippen LogP contribution in [-0.4, -0.2) is 34.6 Å². The lowest BCUT2D eigenvalue weighted by molar-refractivity contribution is -0.0860. The number of β-amino-alcohol motifs (C(OH)–C–C–N with tert-alkyl or cyclic N) is 1. The molecule has 0 atom stereocenters. The second kappa shape index (κ2) is 4.90. The molecule has 3 nitrogen and oxygen atoms in total. The van der Waals surface area contributed by atoms with Crippen molar-refractivity contribution in [2.75, 3.05) is 13.1 Å². The molecule has 1 aromatic carbocycles. The maximum atomic E-state index is 12.2. The molecule has 0 saturated carbocycles. The molecular formula is C14H18ClNO2. The zero-order chi connectivity index (χ0) is 13.3. The number of aliphatic hydroxyl groups is 1. The van der Waals surface area contributed by atoms with Crippen molar-refractivity contribution in [1.82, 2.24) is 4.90 Å². The molecule has 0 unspecified atom stereocenters. The summed E-state index contributed by atoms with van der Waals surface area (Å²) in [5, 5.41) is 10.7. The molecule has 18 heavy (non-hydrogen) atoms. The third-order valence-electron chi connectivity index (χ3n) is 3.38. The Bertz CT molecular complexity index is 467. The monoisotopic (exact) mass is 267 g/mol. The first-order valence-electron chi connectivity index (χ1n) is 6.23. The van der Waals surface area contributed by atoms with Gasteiger partial charge < -0.3 is 10.0 Å². The number of carbonyl (C=O) groups excluding carboxylic acids is 1. The van der Waals surface area contributed by atoms with Crippen LogP contribution in [0.2, 0.25) is 5.02 Å². The second-order valence-electron chi connectivity index (χ2n) is 5.10. The predicted molar refractivity (Wildman–Crippen MR) is 72.0 cm³/mol. The van der Waals surface area contributed by atoms with Crippen molar-refractivity contribution in [2.45, 2.75) is 32.3 Å². The summed E-state index contributed by atoms with van der Waals surface area (Å²) in [7, 11) is 0. The zero-order valence-corrected chi connectivity index (χ0v) is 11.5. The lowest BCUT2D eigenvalue weighted by Crippen LogP contribution is -2.63. The first kappa shape index (κ1) is 13.4. The van der Waals surface area contributed by atoms with E-state index >= 15 is 0 Å². The Labute approximate surface area is 112 Å². The number of aryl methyl sites for hydroxylation is 1. The van der Waals surface area contributed by atoms with E-state index in [2.05, 4.69) is 0 Å². The van der Waals surface area contributed by atoms with Gasteiger partial charge in [0.2, 0.25) is 0 Å². The molecule has 1 aromatic rings. The second-order valence-corrected chi connectivity index (χ2v) is 5.51. The van der Waals surface area contributed by atoms with Crippen LogP contribution in [0.3, 0.4) is 0 Å². The lowest BCUT2D eigenvalue weighted by atomic mass is 9.88. The Morgan fingerprint density at radius 3 is 2.72 bits per heavy atom. The number of carbonyl (C=O) groups is 1. The van der Waals surface area contributed by atoms with Gasteiger partial charge in [-0.25, -0.2) is 0 Å². The largest absolute Gasteiger partial charge is 0.386 e. The molecule has 0 aromatic heterocycles. The summed E-state index contributed by atoms with van der Waals surface area (Å²) in [6.07, 6.45) is 1.68. The van der Waals surface area contributed by atoms with E-state index in [1.807, 2.05) is 13.8 Å². The van der Waals surface area contributed by atoms with E-state index in [9.17, 15) is 9.90 Å². The Morgan fingerprint density at radius 2 is 2.17 bits per heavy atom. The van der Waals surface area contributed by atoms with Gasteiger partial charge in [-0.2, -0.15) is 0 Å². The normalized spacial score (nSPS) is 17.4. The van der Waals surface area contributed by atoms with Crippen molar-refractivity contribution in [3.63, 3.8) is 0 Å². The molecule has 0 spiro atoms. The molecule has 0 radical (unpaired) electrons. The van der Waals surface area contributed by atoms with Gasteiger partial charge in [0.15, 0.2) is 0 Å². The summed E-state index contributed by atoms with van der Waals surface area (Å²) in [5.41, 5.74) is 0.855. The van der Waals surface area contributed by atoms with Crippen LogP contribution in [-0.2, 0) is 0 Å². The summed E-state index contributed by atoms with van der Waals surface area (Å²) in [6.45, 7) is 4.77. The van der Waals surface area contributed by atoms with Crippen LogP contribution < -0.4 is 0 Å². The number of halogens is 1. The van der Waals surface area contributed by atoms with Crippen LogP contribution in [0.5, 0.6) is 0 Å². The lowest BCUT2D eigenvalue weighted by Gasteiger charge is -2.46. The number of rotatable bonds is 3. The molecular weight excluding hydrogens is 250 g/mol. The van der Waals surface area contributed by atoms with Crippen molar-refractivity contribution >= 4 is 17.5 Å². The molecule has 1 aliphatic rings. The summed E-state index contributed by atoms with van der Waals surface area (Å²) in [6, 6.07) is 5.26. The molecule has 1 N–H and O–H groups in total. The highest BCUT2D eigenvalue weighted by atomic mass is 35.5. The van der Waals surface area contributed by atoms with Crippen molar-refractivity contribution in [3.05, 3.63) is 34.3 Å². The molecule has 0 bridgehead atoms. The highest BCUT2D eigenvalue weighted by molar-refractivity contribution is 6.31. The van der Waals surface area contributed by atoms with Crippen molar-refractivity contribution in [1.29, 1.82) is 0 Å². The standard InChI is InChI=1S/C14H18ClNO2/c1-3-6-14(18)8-16(9-14)13(17)11-4-5-12(15)10(2)7-11/h4-5,7,18H,3,6,8-9H2,1-2H3. The first-order chi connectivity index (χ1) is 8.45. The van der Waals surface area contributed by atoms with Crippen LogP contribution >= 0.6 is 11.6 Å². The van der Waals surface area contributed by atoms with Crippen LogP contribution in [0.25, 0.3) is 0 Å². The van der Waals surface area contributed by atoms with Gasteiger partial charge in [0, 0.05) is 10.6 Å². The van der Waals surface area contributed by atoms with E-state index in [0.717, 1.165) is 18.4 Å². The van der Waals surface area contributed by atoms with Gasteiger partial charge in [-0.3, -0.25) is 4.79 Å². The van der Waals surface area contributed by atoms with E-state index in [1.54, 1.807) is 23.1 Å². The number of hydrogen-bond acceptors (Lipinski definition) is 2. The molecule has 0 aliphatic carbocycles. The molecule has 1 aliphatic heterocycles. The van der Waals surface area contributed by atoms with Gasteiger partial charge in [-0.05, 0) is 37.1 Å². The van der Waals surface area contributed by atoms with Crippen LogP contribution in [0.15, 0.2) is 18.2 Å². The van der Waals surface area contributed by atoms with Gasteiger partial charge in [-0.15, -0.1) is 0 Å². The Balaban J connectivity index is 2.03. The van der Waals surface area contributed by atoms with E-state index in [1.165, 1.54) is 0 Å². The number of amides is 1. The maximum Gasteiger partial charge on any atom is 0.254 e. The van der Waals surface area contributed by atoms with Crippen LogP contribution in [0.4, 0.5) is 0 Å². The van der Waals surface area contributed by atoms with E-state index in [4.69, 9.17) is 11.6 Å². The third kappa shape index (κ3) is 2.52. The molecule has 1 fully saturated rings. The summed E-state index contributed by atoms with van der Waals surface area (Å²) in [4.78, 5) is 13.8. The zero-order valence-electron chi connectivity index (χ0n) is 10.7. The van der Waals surface area contributed by atoms with Crippen LogP contribution in [0, 0.1) is 6.92 Å². The Morgan fingerprint density at radius 1 is 1.50 bits per heavy atom. The number of benzene rings is 1. The smallest absolute Gasteiger partial charge is 0.254 e. The average molecular weight is 268 g/mol. The van der Waals surface area contributed by atoms with Gasteiger partial charge in [-0.1, -0.05) is 24.9 Å². The number of nitrogens with zero attached hydrogens (tertiary/aromatic N) is 1. The average Bonchev–Trinajstić information content (AvgIpc) is 2.29. The topological polar surface area (TPSA) is 40.5 Å². The Hall–Kier alpha value is -1.06. The summed E-state index contributed by atoms with van der Waals surface area (Å²) < 4.78 is 0. The van der Waals surface area contributed by atoms with Gasteiger partial charge in [0.1, 0.15) is 0 Å². The fourth-order valence-corrected chi connectivity index (χ4v) is 2.51. The minimum Gasteiger partial charge on any atom is -0.386 e. The van der Waals surface area contributed by atoms with Gasteiger partial charge in [0.05, 0.1) is 18.7 Å². The van der Waals surface area contributed by atoms with Crippen molar-refractivity contribution in [2.24, 2.45) is 0 Å². The highest BCUT2D eigenvalue weighted by Gasteiger charge is 2.42. The van der Waals surface area contributed by atoms with Crippen molar-refractivity contribution in [3.8, 4) is 0 Å². The third-order valence-corrected chi connectivity index (χ3v) is 3.80. The number of likely N-dealkylation sites (tertiary alicyclic amines) is 1. The number of hydrogen-bond donors (Lipinski definition) is 1. The predicted octanol–water partition coefficient (Wildman–Crippen LogP) is 2.64. The van der Waals surface area contributed by atoms with Crippen LogP contribution in [0.1, 0.15) is 35.7 Å². The molecule has 2 rings (SSSR count). The van der Waals surface area contributed by atoms with Gasteiger partial charge in [0.25, 0.3) is 5.91 Å². The van der Waals surface area contributed by atoms with Crippen molar-refractivity contribution < 1.29 is 9.90 Å². The SMILES string of the molecule is CCCC1(O)CN(C(=O)c2ccc(Cl)c(C)c2)C1.